The molecule has 0 aliphatic rings. The quantitative estimate of drug-likeness (QED) is 0.647. The van der Waals surface area contributed by atoms with E-state index in [9.17, 15) is 10.1 Å². The summed E-state index contributed by atoms with van der Waals surface area (Å²) in [6, 6.07) is 6.85. The van der Waals surface area contributed by atoms with Crippen LogP contribution < -0.4 is 5.32 Å². The summed E-state index contributed by atoms with van der Waals surface area (Å²) in [6.07, 6.45) is 0.609. The van der Waals surface area contributed by atoms with Gasteiger partial charge >= 0.3 is 0 Å². The summed E-state index contributed by atoms with van der Waals surface area (Å²) in [6.45, 7) is 3.85. The van der Waals surface area contributed by atoms with E-state index in [1.165, 1.54) is 6.07 Å². The number of fused-ring (bicyclic) bond motifs is 1. The highest BCUT2D eigenvalue weighted by Crippen LogP contribution is 2.30. The number of non-ortho nitro benzene ring substituents is 1. The van der Waals surface area contributed by atoms with E-state index in [0.717, 1.165) is 11.1 Å². The number of pyridine rings is 1. The molecule has 0 radical (unpaired) electrons. The van der Waals surface area contributed by atoms with Crippen LogP contribution in [0.15, 0.2) is 24.3 Å². The Morgan fingerprint density at radius 3 is 2.90 bits per heavy atom. The van der Waals surface area contributed by atoms with Gasteiger partial charge in [-0.05, 0) is 26.3 Å². The van der Waals surface area contributed by atoms with Crippen LogP contribution in [0.5, 0.6) is 0 Å². The van der Waals surface area contributed by atoms with Crippen molar-refractivity contribution in [3.05, 3.63) is 40.1 Å². The Bertz CT molecular complexity index is 643. The highest BCUT2D eigenvalue weighted by molar-refractivity contribution is 5.96. The van der Waals surface area contributed by atoms with Crippen LogP contribution in [0, 0.1) is 17.0 Å². The summed E-state index contributed by atoms with van der Waals surface area (Å²) >= 11 is 0. The fraction of sp³-hybridized carbons (Fsp3) is 0.357. The van der Waals surface area contributed by atoms with Crippen molar-refractivity contribution in [3.8, 4) is 0 Å². The first-order valence-corrected chi connectivity index (χ1v) is 6.45. The molecule has 0 unspecified atom stereocenters. The standard InChI is InChI=1S/C14H17N3O3/c1-9(6-7-18)15-12-8-10(2)16-14-11(12)4-3-5-13(14)17(19)20/h3-5,8-9,18H,6-7H2,1-2H3,(H,15,16)/t9-/m0/s1. The number of aliphatic hydroxyl groups excluding tert-OH is 1. The molecule has 0 saturated carbocycles. The number of anilines is 1. The predicted octanol–water partition coefficient (Wildman–Crippen LogP) is 2.63. The zero-order valence-corrected chi connectivity index (χ0v) is 11.5. The fourth-order valence-electron chi connectivity index (χ4n) is 2.16. The van der Waals surface area contributed by atoms with Gasteiger partial charge in [-0.15, -0.1) is 0 Å². The molecule has 106 valence electrons. The molecule has 20 heavy (non-hydrogen) atoms. The molecule has 6 nitrogen and oxygen atoms in total. The molecule has 0 saturated heterocycles. The zero-order valence-electron chi connectivity index (χ0n) is 11.5. The van der Waals surface area contributed by atoms with Crippen molar-refractivity contribution >= 4 is 22.3 Å². The van der Waals surface area contributed by atoms with Crippen molar-refractivity contribution in [1.82, 2.24) is 4.98 Å². The number of hydrogen-bond acceptors (Lipinski definition) is 5. The second kappa shape index (κ2) is 5.83. The minimum Gasteiger partial charge on any atom is -0.396 e. The SMILES string of the molecule is Cc1cc(N[C@@H](C)CCO)c2cccc([N+](=O)[O-])c2n1. The van der Waals surface area contributed by atoms with Crippen molar-refractivity contribution in [2.45, 2.75) is 26.3 Å². The lowest BCUT2D eigenvalue weighted by Gasteiger charge is -2.16. The van der Waals surface area contributed by atoms with Crippen LogP contribution in [0.1, 0.15) is 19.0 Å². The number of nitro benzene ring substituents is 1. The fourth-order valence-corrected chi connectivity index (χ4v) is 2.16. The van der Waals surface area contributed by atoms with Crippen LogP contribution in [0.3, 0.4) is 0 Å². The number of nitrogens with one attached hydrogen (secondary N) is 1. The molecule has 1 atom stereocenters. The van der Waals surface area contributed by atoms with E-state index in [0.29, 0.717) is 17.6 Å². The first-order chi connectivity index (χ1) is 9.52. The number of aromatic nitrogens is 1. The number of aryl methyl sites for hydroxylation is 1. The van der Waals surface area contributed by atoms with E-state index in [1.807, 2.05) is 19.1 Å². The second-order valence-corrected chi connectivity index (χ2v) is 4.80. The summed E-state index contributed by atoms with van der Waals surface area (Å²) in [4.78, 5) is 14.9. The van der Waals surface area contributed by atoms with E-state index in [1.54, 1.807) is 13.0 Å². The highest BCUT2D eigenvalue weighted by atomic mass is 16.6. The van der Waals surface area contributed by atoms with E-state index in [-0.39, 0.29) is 18.3 Å². The number of hydrogen-bond donors (Lipinski definition) is 2. The van der Waals surface area contributed by atoms with Crippen LogP contribution in [-0.2, 0) is 0 Å². The summed E-state index contributed by atoms with van der Waals surface area (Å²) in [5.41, 5.74) is 1.91. The van der Waals surface area contributed by atoms with E-state index in [4.69, 9.17) is 5.11 Å². The molecular formula is C14H17N3O3. The zero-order chi connectivity index (χ0) is 14.7. The number of para-hydroxylation sites is 1. The van der Waals surface area contributed by atoms with Crippen molar-refractivity contribution in [3.63, 3.8) is 0 Å². The molecule has 0 fully saturated rings. The molecule has 1 heterocycles. The topological polar surface area (TPSA) is 88.3 Å². The van der Waals surface area contributed by atoms with Crippen molar-refractivity contribution < 1.29 is 10.0 Å². The number of benzene rings is 1. The van der Waals surface area contributed by atoms with Crippen LogP contribution in [0.2, 0.25) is 0 Å². The Labute approximate surface area is 116 Å². The molecule has 6 heteroatoms. The third kappa shape index (κ3) is 2.85. The minimum atomic E-state index is -0.421. The Balaban J connectivity index is 2.55. The maximum absolute atomic E-state index is 11.1. The van der Waals surface area contributed by atoms with Crippen LogP contribution in [0.25, 0.3) is 10.9 Å². The average molecular weight is 275 g/mol. The summed E-state index contributed by atoms with van der Waals surface area (Å²) in [7, 11) is 0. The van der Waals surface area contributed by atoms with Gasteiger partial charge in [0.2, 0.25) is 0 Å². The van der Waals surface area contributed by atoms with Gasteiger partial charge in [0.25, 0.3) is 5.69 Å². The third-order valence-corrected chi connectivity index (χ3v) is 3.11. The molecule has 2 rings (SSSR count). The lowest BCUT2D eigenvalue weighted by molar-refractivity contribution is -0.383. The van der Waals surface area contributed by atoms with Gasteiger partial charge in [0, 0.05) is 35.5 Å². The van der Waals surface area contributed by atoms with E-state index < -0.39 is 4.92 Å². The first kappa shape index (κ1) is 14.2. The smallest absolute Gasteiger partial charge is 0.295 e. The van der Waals surface area contributed by atoms with Gasteiger partial charge in [-0.25, -0.2) is 4.98 Å². The number of aliphatic hydroxyl groups is 1. The molecule has 2 aromatic rings. The Morgan fingerprint density at radius 2 is 2.25 bits per heavy atom. The molecular weight excluding hydrogens is 258 g/mol. The van der Waals surface area contributed by atoms with Gasteiger partial charge < -0.3 is 10.4 Å². The number of nitrogens with zero attached hydrogens (tertiary/aromatic N) is 2. The summed E-state index contributed by atoms with van der Waals surface area (Å²) in [5, 5.41) is 24.0. The number of nitro groups is 1. The Hall–Kier alpha value is -2.21. The van der Waals surface area contributed by atoms with Crippen molar-refractivity contribution in [2.75, 3.05) is 11.9 Å². The summed E-state index contributed by atoms with van der Waals surface area (Å²) < 4.78 is 0. The minimum absolute atomic E-state index is 0.00376. The van der Waals surface area contributed by atoms with Gasteiger partial charge in [0.05, 0.1) is 4.92 Å². The maximum Gasteiger partial charge on any atom is 0.295 e. The Morgan fingerprint density at radius 1 is 1.50 bits per heavy atom. The maximum atomic E-state index is 11.1. The molecule has 0 aliphatic carbocycles. The highest BCUT2D eigenvalue weighted by Gasteiger charge is 2.16. The van der Waals surface area contributed by atoms with Crippen LogP contribution >= 0.6 is 0 Å². The molecule has 0 amide bonds. The van der Waals surface area contributed by atoms with Crippen LogP contribution in [0.4, 0.5) is 11.4 Å². The van der Waals surface area contributed by atoms with Crippen molar-refractivity contribution in [1.29, 1.82) is 0 Å². The molecule has 0 spiro atoms. The van der Waals surface area contributed by atoms with Gasteiger partial charge in [-0.1, -0.05) is 12.1 Å². The van der Waals surface area contributed by atoms with Crippen molar-refractivity contribution in [2.24, 2.45) is 0 Å². The lowest BCUT2D eigenvalue weighted by Crippen LogP contribution is -2.17. The summed E-state index contributed by atoms with van der Waals surface area (Å²) in [5.74, 6) is 0. The predicted molar refractivity (Wildman–Crippen MR) is 77.9 cm³/mol. The van der Waals surface area contributed by atoms with E-state index >= 15 is 0 Å². The molecule has 0 bridgehead atoms. The molecule has 0 aliphatic heterocycles. The van der Waals surface area contributed by atoms with Gasteiger partial charge in [0.15, 0.2) is 5.52 Å². The van der Waals surface area contributed by atoms with Gasteiger partial charge in [-0.2, -0.15) is 0 Å². The van der Waals surface area contributed by atoms with Gasteiger partial charge in [0.1, 0.15) is 0 Å². The lowest BCUT2D eigenvalue weighted by atomic mass is 10.1. The third-order valence-electron chi connectivity index (χ3n) is 3.11. The van der Waals surface area contributed by atoms with E-state index in [2.05, 4.69) is 10.3 Å². The largest absolute Gasteiger partial charge is 0.396 e. The van der Waals surface area contributed by atoms with Gasteiger partial charge in [-0.3, -0.25) is 10.1 Å². The van der Waals surface area contributed by atoms with Crippen LogP contribution in [-0.4, -0.2) is 27.7 Å². The second-order valence-electron chi connectivity index (χ2n) is 4.80. The normalized spacial score (nSPS) is 12.3. The number of rotatable bonds is 5. The first-order valence-electron chi connectivity index (χ1n) is 6.45. The Kier molecular flexibility index (Phi) is 4.14. The average Bonchev–Trinajstić information content (AvgIpc) is 2.37. The monoisotopic (exact) mass is 275 g/mol. The molecule has 2 N–H and O–H groups in total. The molecule has 1 aromatic heterocycles. The molecule has 1 aromatic carbocycles.